The number of aliphatic hydroxyl groups is 1. The number of likely N-dealkylation sites (N-methyl/N-ethyl adjacent to an activating group) is 1. The maximum absolute atomic E-state index is 12.5. The van der Waals surface area contributed by atoms with Gasteiger partial charge in [0.15, 0.2) is 0 Å². The van der Waals surface area contributed by atoms with Crippen molar-refractivity contribution in [2.75, 3.05) is 33.3 Å². The molecule has 9 atom stereocenters. The van der Waals surface area contributed by atoms with E-state index in [2.05, 4.69) is 65.1 Å². The number of alkyl carbamates (subject to hydrolysis) is 1. The van der Waals surface area contributed by atoms with Crippen LogP contribution in [0.3, 0.4) is 0 Å². The van der Waals surface area contributed by atoms with Gasteiger partial charge in [-0.2, -0.15) is 0 Å². The van der Waals surface area contributed by atoms with Crippen molar-refractivity contribution in [3.63, 3.8) is 0 Å². The molecule has 5 nitrogen and oxygen atoms in total. The van der Waals surface area contributed by atoms with Gasteiger partial charge in [-0.3, -0.25) is 0 Å². The minimum absolute atomic E-state index is 0.0128. The summed E-state index contributed by atoms with van der Waals surface area (Å²) in [7, 11) is 1.95. The van der Waals surface area contributed by atoms with Crippen LogP contribution in [0.5, 0.6) is 0 Å². The van der Waals surface area contributed by atoms with E-state index in [1.54, 1.807) is 5.57 Å². The van der Waals surface area contributed by atoms with E-state index >= 15 is 0 Å². The summed E-state index contributed by atoms with van der Waals surface area (Å²) in [6.45, 7) is 16.7. The molecule has 1 amide bonds. The van der Waals surface area contributed by atoms with Crippen molar-refractivity contribution in [1.82, 2.24) is 10.2 Å². The third kappa shape index (κ3) is 6.51. The van der Waals surface area contributed by atoms with Crippen molar-refractivity contribution < 1.29 is 14.6 Å². The van der Waals surface area contributed by atoms with Crippen LogP contribution in [0.15, 0.2) is 23.8 Å². The van der Waals surface area contributed by atoms with Crippen LogP contribution in [-0.2, 0) is 4.74 Å². The first kappa shape index (κ1) is 31.6. The van der Waals surface area contributed by atoms with Crippen molar-refractivity contribution in [3.05, 3.63) is 23.8 Å². The predicted octanol–water partition coefficient (Wildman–Crippen LogP) is 7.46. The second kappa shape index (κ2) is 13.3. The van der Waals surface area contributed by atoms with Crippen molar-refractivity contribution >= 4 is 6.09 Å². The number of ether oxygens (including phenoxy) is 1. The van der Waals surface area contributed by atoms with E-state index in [1.807, 2.05) is 11.9 Å². The molecule has 0 unspecified atom stereocenters. The second-order valence-electron chi connectivity index (χ2n) is 14.8. The topological polar surface area (TPSA) is 61.8 Å². The molecule has 0 heterocycles. The normalized spacial score (nSPS) is 37.0. The van der Waals surface area contributed by atoms with E-state index in [-0.39, 0.29) is 24.2 Å². The first-order chi connectivity index (χ1) is 19.0. The summed E-state index contributed by atoms with van der Waals surface area (Å²) < 4.78 is 5.89. The Morgan fingerprint density at radius 1 is 1.12 bits per heavy atom. The zero-order valence-corrected chi connectivity index (χ0v) is 26.8. The molecule has 4 rings (SSSR count). The van der Waals surface area contributed by atoms with Crippen molar-refractivity contribution in [3.8, 4) is 0 Å². The lowest BCUT2D eigenvalue weighted by Crippen LogP contribution is -2.51. The molecule has 3 fully saturated rings. The highest BCUT2D eigenvalue weighted by Crippen LogP contribution is 2.67. The fourth-order valence-electron chi connectivity index (χ4n) is 9.74. The molecule has 3 saturated carbocycles. The number of carbonyl (C=O) groups excluding carboxylic acids is 1. The first-order valence-corrected chi connectivity index (χ1v) is 16.6. The Labute approximate surface area is 245 Å². The standard InChI is InChI=1S/C35H60N2O3/c1-8-26(24(2)3)10-9-25(4)30-13-14-31-29-12-11-27-23-28(40-33(39)36-19-20-37(7)21-22-38)15-17-34(27,5)32(29)16-18-35(30,31)6/h9-11,24-26,28-32,38H,8,12-23H2,1-7H3,(H,36,39)/b10-9+/t25-,26-,28+,29+,30-,31+,32+,34+,35-/m1/s1. The lowest BCUT2D eigenvalue weighted by atomic mass is 9.47. The molecule has 5 heteroatoms. The second-order valence-corrected chi connectivity index (χ2v) is 14.8. The SMILES string of the molecule is CC[C@H](/C=C/[C@@H](C)[C@H]1CC[C@H]2[C@@H]3CC=C4C[C@@H](OC(=O)NCCN(C)CCO)CC[C@]4(C)[C@H]3CC[C@]12C)C(C)C. The molecule has 0 saturated heterocycles. The Morgan fingerprint density at radius 3 is 2.60 bits per heavy atom. The van der Waals surface area contributed by atoms with Crippen molar-refractivity contribution in [2.45, 2.75) is 105 Å². The number of nitrogens with zero attached hydrogens (tertiary/aromatic N) is 1. The average Bonchev–Trinajstić information content (AvgIpc) is 3.26. The molecular weight excluding hydrogens is 496 g/mol. The zero-order chi connectivity index (χ0) is 29.1. The van der Waals surface area contributed by atoms with E-state index in [9.17, 15) is 4.79 Å². The van der Waals surface area contributed by atoms with Gasteiger partial charge >= 0.3 is 6.09 Å². The number of nitrogens with one attached hydrogen (secondary N) is 1. The van der Waals surface area contributed by atoms with Crippen molar-refractivity contribution in [2.24, 2.45) is 52.3 Å². The lowest BCUT2D eigenvalue weighted by molar-refractivity contribution is -0.0550. The van der Waals surface area contributed by atoms with E-state index < -0.39 is 0 Å². The number of fused-ring (bicyclic) bond motifs is 5. The molecule has 4 aliphatic rings. The zero-order valence-electron chi connectivity index (χ0n) is 26.8. The average molecular weight is 557 g/mol. The van der Waals surface area contributed by atoms with Crippen LogP contribution in [0.25, 0.3) is 0 Å². The van der Waals surface area contributed by atoms with E-state index in [1.165, 1.54) is 38.5 Å². The van der Waals surface area contributed by atoms with Gasteiger partial charge < -0.3 is 20.1 Å². The van der Waals surface area contributed by atoms with Gasteiger partial charge in [0.1, 0.15) is 6.10 Å². The quantitative estimate of drug-likeness (QED) is 0.259. The molecule has 0 aromatic heterocycles. The number of rotatable bonds is 11. The number of carbonyl (C=O) groups is 1. The Morgan fingerprint density at radius 2 is 1.90 bits per heavy atom. The lowest BCUT2D eigenvalue weighted by Gasteiger charge is -2.58. The largest absolute Gasteiger partial charge is 0.446 e. The third-order valence-corrected chi connectivity index (χ3v) is 12.3. The van der Waals surface area contributed by atoms with Crippen LogP contribution in [-0.4, -0.2) is 55.5 Å². The maximum Gasteiger partial charge on any atom is 0.407 e. The summed E-state index contributed by atoms with van der Waals surface area (Å²) in [5.41, 5.74) is 2.30. The van der Waals surface area contributed by atoms with E-state index in [0.29, 0.717) is 36.9 Å². The molecular formula is C35H60N2O3. The maximum atomic E-state index is 12.5. The monoisotopic (exact) mass is 556 g/mol. The number of hydrogen-bond acceptors (Lipinski definition) is 4. The minimum Gasteiger partial charge on any atom is -0.446 e. The van der Waals surface area contributed by atoms with E-state index in [0.717, 1.165) is 48.9 Å². The van der Waals surface area contributed by atoms with Crippen LogP contribution >= 0.6 is 0 Å². The molecule has 0 bridgehead atoms. The summed E-state index contributed by atoms with van der Waals surface area (Å²) in [4.78, 5) is 14.5. The first-order valence-electron chi connectivity index (χ1n) is 16.6. The molecule has 0 radical (unpaired) electrons. The third-order valence-electron chi connectivity index (χ3n) is 12.3. The predicted molar refractivity (Wildman–Crippen MR) is 165 cm³/mol. The highest BCUT2D eigenvalue weighted by Gasteiger charge is 2.59. The van der Waals surface area contributed by atoms with Crippen LogP contribution in [0.1, 0.15) is 99.3 Å². The van der Waals surface area contributed by atoms with Gasteiger partial charge in [0, 0.05) is 26.1 Å². The molecule has 0 aromatic rings. The van der Waals surface area contributed by atoms with Crippen LogP contribution in [0.2, 0.25) is 0 Å². The highest BCUT2D eigenvalue weighted by molar-refractivity contribution is 5.67. The van der Waals surface area contributed by atoms with Gasteiger partial charge in [-0.25, -0.2) is 4.79 Å². The van der Waals surface area contributed by atoms with Gasteiger partial charge in [0.2, 0.25) is 0 Å². The molecule has 2 N–H and O–H groups in total. The number of aliphatic hydroxyl groups excluding tert-OH is 1. The fraction of sp³-hybridized carbons (Fsp3) is 0.857. The van der Waals surface area contributed by atoms with Crippen LogP contribution in [0.4, 0.5) is 4.79 Å². The van der Waals surface area contributed by atoms with Gasteiger partial charge in [0.25, 0.3) is 0 Å². The van der Waals surface area contributed by atoms with Crippen LogP contribution in [0, 0.1) is 52.3 Å². The fourth-order valence-corrected chi connectivity index (χ4v) is 9.74. The Kier molecular flexibility index (Phi) is 10.5. The molecule has 0 spiro atoms. The Bertz CT molecular complexity index is 914. The van der Waals surface area contributed by atoms with Crippen molar-refractivity contribution in [1.29, 1.82) is 0 Å². The Hall–Kier alpha value is -1.33. The van der Waals surface area contributed by atoms with E-state index in [4.69, 9.17) is 9.84 Å². The van der Waals surface area contributed by atoms with Gasteiger partial charge in [0.05, 0.1) is 6.61 Å². The minimum atomic E-state index is -0.299. The number of allylic oxidation sites excluding steroid dienone is 3. The molecule has 228 valence electrons. The van der Waals surface area contributed by atoms with Crippen LogP contribution < -0.4 is 5.32 Å². The number of amides is 1. The molecule has 0 aromatic carbocycles. The van der Waals surface area contributed by atoms with Gasteiger partial charge in [-0.1, -0.05) is 65.3 Å². The summed E-state index contributed by atoms with van der Waals surface area (Å²) in [6, 6.07) is 0. The molecule has 40 heavy (non-hydrogen) atoms. The number of hydrogen-bond donors (Lipinski definition) is 2. The Balaban J connectivity index is 1.36. The molecule has 4 aliphatic carbocycles. The summed E-state index contributed by atoms with van der Waals surface area (Å²) in [6.07, 6.45) is 18.4. The smallest absolute Gasteiger partial charge is 0.407 e. The van der Waals surface area contributed by atoms with Gasteiger partial charge in [-0.15, -0.1) is 0 Å². The molecule has 0 aliphatic heterocycles. The summed E-state index contributed by atoms with van der Waals surface area (Å²) in [5.74, 6) is 5.33. The highest BCUT2D eigenvalue weighted by atomic mass is 16.6. The van der Waals surface area contributed by atoms with Gasteiger partial charge in [-0.05, 0) is 111 Å². The summed E-state index contributed by atoms with van der Waals surface area (Å²) in [5, 5.41) is 11.9. The summed E-state index contributed by atoms with van der Waals surface area (Å²) >= 11 is 0.